The summed E-state index contributed by atoms with van der Waals surface area (Å²) in [7, 11) is 1.55. The average Bonchev–Trinajstić information content (AvgIpc) is 2.74. The van der Waals surface area contributed by atoms with E-state index in [0.717, 1.165) is 0 Å². The van der Waals surface area contributed by atoms with Gasteiger partial charge in [-0.1, -0.05) is 17.8 Å². The molecule has 8 heteroatoms. The van der Waals surface area contributed by atoms with Gasteiger partial charge in [-0.25, -0.2) is 9.78 Å². The highest BCUT2D eigenvalue weighted by Crippen LogP contribution is 2.22. The second kappa shape index (κ2) is 5.68. The highest BCUT2D eigenvalue weighted by Gasteiger charge is 2.17. The number of thioether (sulfide) groups is 1. The van der Waals surface area contributed by atoms with E-state index in [9.17, 15) is 14.7 Å². The molecule has 2 heterocycles. The second-order valence-electron chi connectivity index (χ2n) is 4.44. The Labute approximate surface area is 119 Å². The van der Waals surface area contributed by atoms with Gasteiger partial charge in [0.05, 0.1) is 6.10 Å². The first-order valence-electron chi connectivity index (χ1n) is 6.07. The number of nitrogens with one attached hydrogen (secondary N) is 1. The number of aliphatic hydroxyl groups excluding tert-OH is 1. The van der Waals surface area contributed by atoms with Crippen molar-refractivity contribution in [2.24, 2.45) is 7.05 Å². The summed E-state index contributed by atoms with van der Waals surface area (Å²) in [6.07, 6.45) is 1.16. The van der Waals surface area contributed by atoms with E-state index in [2.05, 4.69) is 16.5 Å². The lowest BCUT2D eigenvalue weighted by Crippen LogP contribution is -2.29. The number of hydrogen-bond acceptors (Lipinski definition) is 5. The summed E-state index contributed by atoms with van der Waals surface area (Å²) in [4.78, 5) is 30.2. The van der Waals surface area contributed by atoms with Crippen LogP contribution in [0.4, 0.5) is 0 Å². The van der Waals surface area contributed by atoms with Crippen LogP contribution in [0.5, 0.6) is 0 Å². The first-order valence-corrected chi connectivity index (χ1v) is 7.05. The Morgan fingerprint density at radius 1 is 1.55 bits per heavy atom. The minimum absolute atomic E-state index is 0.327. The molecule has 0 spiro atoms. The summed E-state index contributed by atoms with van der Waals surface area (Å²) in [6.45, 7) is 5.74. The van der Waals surface area contributed by atoms with Gasteiger partial charge in [-0.2, -0.15) is 0 Å². The van der Waals surface area contributed by atoms with E-state index in [1.54, 1.807) is 24.6 Å². The van der Waals surface area contributed by atoms with Gasteiger partial charge < -0.3 is 9.67 Å². The molecule has 2 N–H and O–H groups in total. The van der Waals surface area contributed by atoms with Crippen molar-refractivity contribution in [2.45, 2.75) is 24.7 Å². The predicted octanol–water partition coefficient (Wildman–Crippen LogP) is 0.0822. The van der Waals surface area contributed by atoms with Gasteiger partial charge in [0.1, 0.15) is 0 Å². The van der Waals surface area contributed by atoms with Crippen LogP contribution in [0.2, 0.25) is 0 Å². The summed E-state index contributed by atoms with van der Waals surface area (Å²) in [5.74, 6) is 0.451. The number of aromatic nitrogens is 4. The van der Waals surface area contributed by atoms with E-state index in [1.807, 2.05) is 0 Å². The molecule has 2 aromatic heterocycles. The van der Waals surface area contributed by atoms with Gasteiger partial charge in [0.25, 0.3) is 5.56 Å². The minimum atomic E-state index is -0.502. The van der Waals surface area contributed by atoms with Gasteiger partial charge in [0, 0.05) is 19.3 Å². The molecule has 0 saturated carbocycles. The Morgan fingerprint density at radius 3 is 2.85 bits per heavy atom. The van der Waals surface area contributed by atoms with E-state index in [4.69, 9.17) is 0 Å². The fourth-order valence-corrected chi connectivity index (χ4v) is 2.68. The van der Waals surface area contributed by atoms with E-state index in [-0.39, 0.29) is 0 Å². The van der Waals surface area contributed by atoms with Crippen LogP contribution in [0.1, 0.15) is 6.92 Å². The summed E-state index contributed by atoms with van der Waals surface area (Å²) >= 11 is 1.33. The van der Waals surface area contributed by atoms with Crippen LogP contribution in [0.25, 0.3) is 11.2 Å². The number of H-pyrrole nitrogens is 1. The molecule has 2 rings (SSSR count). The van der Waals surface area contributed by atoms with E-state index >= 15 is 0 Å². The van der Waals surface area contributed by atoms with Gasteiger partial charge in [0.15, 0.2) is 16.3 Å². The van der Waals surface area contributed by atoms with E-state index < -0.39 is 17.4 Å². The molecule has 0 aliphatic heterocycles. The molecule has 0 radical (unpaired) electrons. The number of rotatable bonds is 5. The van der Waals surface area contributed by atoms with Gasteiger partial charge in [0.2, 0.25) is 0 Å². The summed E-state index contributed by atoms with van der Waals surface area (Å²) in [5.41, 5.74) is -0.312. The van der Waals surface area contributed by atoms with Gasteiger partial charge in [-0.3, -0.25) is 14.3 Å². The smallest absolute Gasteiger partial charge is 0.329 e. The lowest BCUT2D eigenvalue weighted by atomic mass is 10.5. The maximum Gasteiger partial charge on any atom is 0.329 e. The zero-order chi connectivity index (χ0) is 14.9. The Kier molecular flexibility index (Phi) is 4.15. The number of fused-ring (bicyclic) bond motifs is 1. The maximum atomic E-state index is 12.0. The van der Waals surface area contributed by atoms with Crippen molar-refractivity contribution in [3.05, 3.63) is 33.5 Å². The molecule has 0 aromatic carbocycles. The SMILES string of the molecule is C=CCn1c(SC[C@H](C)O)nc2c1c(=O)[nH]c(=O)n2C. The molecule has 2 aromatic rings. The van der Waals surface area contributed by atoms with Crippen LogP contribution >= 0.6 is 11.8 Å². The lowest BCUT2D eigenvalue weighted by Gasteiger charge is -2.06. The average molecular weight is 296 g/mol. The van der Waals surface area contributed by atoms with E-state index in [1.165, 1.54) is 16.3 Å². The van der Waals surface area contributed by atoms with Crippen LogP contribution < -0.4 is 11.2 Å². The Balaban J connectivity index is 2.69. The Morgan fingerprint density at radius 2 is 2.25 bits per heavy atom. The molecule has 1 atom stereocenters. The van der Waals surface area contributed by atoms with Crippen LogP contribution in [-0.2, 0) is 13.6 Å². The molecule has 20 heavy (non-hydrogen) atoms. The Hall–Kier alpha value is -1.80. The third kappa shape index (κ3) is 2.56. The standard InChI is InChI=1S/C12H16N4O3S/c1-4-5-16-8-9(13-12(16)20-6-7(2)17)15(3)11(19)14-10(8)18/h4,7,17H,1,5-6H2,2-3H3,(H,14,18,19)/t7-/m0/s1. The van der Waals surface area contributed by atoms with Crippen LogP contribution in [0.3, 0.4) is 0 Å². The number of allylic oxidation sites excluding steroid dienone is 1. The molecule has 0 aliphatic rings. The van der Waals surface area contributed by atoms with E-state index in [0.29, 0.717) is 28.6 Å². The number of imidazole rings is 1. The molecule has 108 valence electrons. The van der Waals surface area contributed by atoms with Crippen molar-refractivity contribution in [1.29, 1.82) is 0 Å². The van der Waals surface area contributed by atoms with Crippen molar-refractivity contribution in [2.75, 3.05) is 5.75 Å². The first kappa shape index (κ1) is 14.6. The number of aromatic amines is 1. The third-order valence-corrected chi connectivity index (χ3v) is 3.96. The van der Waals surface area contributed by atoms with Gasteiger partial charge in [-0.15, -0.1) is 6.58 Å². The molecule has 0 fully saturated rings. The molecule has 0 amide bonds. The summed E-state index contributed by atoms with van der Waals surface area (Å²) in [6, 6.07) is 0. The molecular weight excluding hydrogens is 280 g/mol. The zero-order valence-corrected chi connectivity index (χ0v) is 12.1. The first-order chi connectivity index (χ1) is 9.45. The van der Waals surface area contributed by atoms with Gasteiger partial charge >= 0.3 is 5.69 Å². The lowest BCUT2D eigenvalue weighted by molar-refractivity contribution is 0.220. The van der Waals surface area contributed by atoms with Crippen molar-refractivity contribution < 1.29 is 5.11 Å². The van der Waals surface area contributed by atoms with Crippen molar-refractivity contribution >= 4 is 22.9 Å². The van der Waals surface area contributed by atoms with Gasteiger partial charge in [-0.05, 0) is 6.92 Å². The van der Waals surface area contributed by atoms with Crippen LogP contribution in [-0.4, -0.2) is 36.1 Å². The molecule has 7 nitrogen and oxygen atoms in total. The summed E-state index contributed by atoms with van der Waals surface area (Å²) in [5, 5.41) is 9.94. The van der Waals surface area contributed by atoms with Crippen LogP contribution in [0, 0.1) is 0 Å². The monoisotopic (exact) mass is 296 g/mol. The molecular formula is C12H16N4O3S. The highest BCUT2D eigenvalue weighted by molar-refractivity contribution is 7.99. The topological polar surface area (TPSA) is 92.9 Å². The van der Waals surface area contributed by atoms with Crippen LogP contribution in [0.15, 0.2) is 27.4 Å². The number of nitrogens with zero attached hydrogens (tertiary/aromatic N) is 3. The maximum absolute atomic E-state index is 12.0. The predicted molar refractivity (Wildman–Crippen MR) is 78.2 cm³/mol. The highest BCUT2D eigenvalue weighted by atomic mass is 32.2. The fourth-order valence-electron chi connectivity index (χ4n) is 1.82. The number of aliphatic hydroxyl groups is 1. The third-order valence-electron chi connectivity index (χ3n) is 2.74. The fraction of sp³-hybridized carbons (Fsp3) is 0.417. The normalized spacial score (nSPS) is 12.8. The van der Waals surface area contributed by atoms with Crippen molar-refractivity contribution in [1.82, 2.24) is 19.1 Å². The minimum Gasteiger partial charge on any atom is -0.393 e. The molecule has 0 bridgehead atoms. The zero-order valence-electron chi connectivity index (χ0n) is 11.3. The van der Waals surface area contributed by atoms with Crippen molar-refractivity contribution in [3.8, 4) is 0 Å². The van der Waals surface area contributed by atoms with Crippen molar-refractivity contribution in [3.63, 3.8) is 0 Å². The number of aryl methyl sites for hydroxylation is 1. The summed E-state index contributed by atoms with van der Waals surface area (Å²) < 4.78 is 2.98. The quantitative estimate of drug-likeness (QED) is 0.602. The number of hydrogen-bond donors (Lipinski definition) is 2. The second-order valence-corrected chi connectivity index (χ2v) is 5.43. The largest absolute Gasteiger partial charge is 0.393 e. The molecule has 0 unspecified atom stereocenters. The molecule has 0 saturated heterocycles. The molecule has 0 aliphatic carbocycles. The Bertz CT molecular complexity index is 756.